The average molecular weight is 116 g/mol. The fourth-order valence-corrected chi connectivity index (χ4v) is 0.605. The summed E-state index contributed by atoms with van der Waals surface area (Å²) in [6.07, 6.45) is 1.96. The van der Waals surface area contributed by atoms with Gasteiger partial charge in [0, 0.05) is 12.1 Å². The standard InChI is InChI=1S/C6H16N2/c1-3-5(7)6(8)4-2/h5-6H,3-4,7-8H2,1-2H3/t5-,6-/m0/s1. The summed E-state index contributed by atoms with van der Waals surface area (Å²) in [5, 5.41) is 0. The van der Waals surface area contributed by atoms with E-state index >= 15 is 0 Å². The Morgan fingerprint density at radius 1 is 1.00 bits per heavy atom. The maximum atomic E-state index is 5.60. The van der Waals surface area contributed by atoms with E-state index in [9.17, 15) is 0 Å². The van der Waals surface area contributed by atoms with Gasteiger partial charge in [-0.2, -0.15) is 0 Å². The zero-order valence-corrected chi connectivity index (χ0v) is 5.72. The molecule has 0 saturated carbocycles. The molecule has 0 fully saturated rings. The molecular formula is C6H16N2. The maximum absolute atomic E-state index is 5.60. The van der Waals surface area contributed by atoms with Crippen molar-refractivity contribution in [2.75, 3.05) is 0 Å². The molecule has 0 aromatic carbocycles. The SMILES string of the molecule is CC[C@H](N)[C@@H](N)CC. The summed E-state index contributed by atoms with van der Waals surface area (Å²) in [6, 6.07) is 0.389. The van der Waals surface area contributed by atoms with Crippen LogP contribution in [0.1, 0.15) is 26.7 Å². The lowest BCUT2D eigenvalue weighted by Crippen LogP contribution is -2.40. The van der Waals surface area contributed by atoms with Crippen LogP contribution in [0.15, 0.2) is 0 Å². The van der Waals surface area contributed by atoms with Gasteiger partial charge in [-0.3, -0.25) is 0 Å². The molecule has 0 radical (unpaired) electrons. The average Bonchev–Trinajstić information content (AvgIpc) is 1.84. The lowest BCUT2D eigenvalue weighted by Gasteiger charge is -2.14. The number of hydrogen-bond donors (Lipinski definition) is 2. The molecule has 4 N–H and O–H groups in total. The van der Waals surface area contributed by atoms with Gasteiger partial charge in [-0.15, -0.1) is 0 Å². The molecular weight excluding hydrogens is 100 g/mol. The van der Waals surface area contributed by atoms with Crippen molar-refractivity contribution in [3.8, 4) is 0 Å². The third-order valence-electron chi connectivity index (χ3n) is 1.49. The van der Waals surface area contributed by atoms with E-state index in [0.717, 1.165) is 12.8 Å². The first-order valence-electron chi connectivity index (χ1n) is 3.23. The molecule has 0 aliphatic heterocycles. The van der Waals surface area contributed by atoms with E-state index in [4.69, 9.17) is 11.5 Å². The summed E-state index contributed by atoms with van der Waals surface area (Å²) in [4.78, 5) is 0. The normalized spacial score (nSPS) is 18.0. The maximum Gasteiger partial charge on any atom is 0.0189 e. The Hall–Kier alpha value is -0.0800. The van der Waals surface area contributed by atoms with Crippen LogP contribution in [0.3, 0.4) is 0 Å². The Balaban J connectivity index is 3.29. The first-order chi connectivity index (χ1) is 3.72. The summed E-state index contributed by atoms with van der Waals surface area (Å²) in [6.45, 7) is 4.11. The molecule has 0 aliphatic rings. The van der Waals surface area contributed by atoms with Crippen molar-refractivity contribution in [2.45, 2.75) is 38.8 Å². The summed E-state index contributed by atoms with van der Waals surface area (Å²) in [5.74, 6) is 0. The molecule has 0 bridgehead atoms. The van der Waals surface area contributed by atoms with Gasteiger partial charge in [0.05, 0.1) is 0 Å². The van der Waals surface area contributed by atoms with Crippen LogP contribution in [0.2, 0.25) is 0 Å². The molecule has 0 saturated heterocycles. The highest BCUT2D eigenvalue weighted by Gasteiger charge is 2.06. The second-order valence-electron chi connectivity index (χ2n) is 2.14. The summed E-state index contributed by atoms with van der Waals surface area (Å²) in [5.41, 5.74) is 11.2. The van der Waals surface area contributed by atoms with Crippen molar-refractivity contribution in [1.29, 1.82) is 0 Å². The third kappa shape index (κ3) is 2.28. The number of nitrogens with two attached hydrogens (primary N) is 2. The predicted molar refractivity (Wildman–Crippen MR) is 36.5 cm³/mol. The van der Waals surface area contributed by atoms with Crippen molar-refractivity contribution in [3.63, 3.8) is 0 Å². The van der Waals surface area contributed by atoms with E-state index in [2.05, 4.69) is 13.8 Å². The van der Waals surface area contributed by atoms with Crippen LogP contribution in [0.4, 0.5) is 0 Å². The molecule has 2 heteroatoms. The Morgan fingerprint density at radius 3 is 1.38 bits per heavy atom. The Kier molecular flexibility index (Phi) is 3.83. The van der Waals surface area contributed by atoms with Gasteiger partial charge >= 0.3 is 0 Å². The lowest BCUT2D eigenvalue weighted by molar-refractivity contribution is 0.500. The molecule has 0 aromatic rings. The summed E-state index contributed by atoms with van der Waals surface area (Å²) in [7, 11) is 0. The molecule has 0 aliphatic carbocycles. The molecule has 0 unspecified atom stereocenters. The summed E-state index contributed by atoms with van der Waals surface area (Å²) >= 11 is 0. The predicted octanol–water partition coefficient (Wildman–Crippen LogP) is 0.461. The lowest BCUT2D eigenvalue weighted by atomic mass is 10.1. The first-order valence-corrected chi connectivity index (χ1v) is 3.23. The highest BCUT2D eigenvalue weighted by molar-refractivity contribution is 4.71. The Morgan fingerprint density at radius 2 is 1.25 bits per heavy atom. The minimum atomic E-state index is 0.194. The van der Waals surface area contributed by atoms with Crippen molar-refractivity contribution in [2.24, 2.45) is 11.5 Å². The van der Waals surface area contributed by atoms with E-state index in [0.29, 0.717) is 0 Å². The van der Waals surface area contributed by atoms with Crippen LogP contribution in [0.25, 0.3) is 0 Å². The van der Waals surface area contributed by atoms with Crippen LogP contribution >= 0.6 is 0 Å². The molecule has 50 valence electrons. The smallest absolute Gasteiger partial charge is 0.0189 e. The van der Waals surface area contributed by atoms with Crippen LogP contribution < -0.4 is 11.5 Å². The van der Waals surface area contributed by atoms with Crippen molar-refractivity contribution in [3.05, 3.63) is 0 Å². The van der Waals surface area contributed by atoms with Crippen molar-refractivity contribution in [1.82, 2.24) is 0 Å². The quantitative estimate of drug-likeness (QED) is 0.563. The van der Waals surface area contributed by atoms with Crippen LogP contribution in [-0.4, -0.2) is 12.1 Å². The zero-order chi connectivity index (χ0) is 6.57. The number of rotatable bonds is 3. The van der Waals surface area contributed by atoms with E-state index in [1.54, 1.807) is 0 Å². The Bertz CT molecular complexity index is 46.5. The van der Waals surface area contributed by atoms with Gasteiger partial charge < -0.3 is 11.5 Å². The monoisotopic (exact) mass is 116 g/mol. The minimum absolute atomic E-state index is 0.194. The number of hydrogen-bond acceptors (Lipinski definition) is 2. The van der Waals surface area contributed by atoms with Gasteiger partial charge in [-0.05, 0) is 12.8 Å². The molecule has 0 aromatic heterocycles. The molecule has 0 heterocycles. The van der Waals surface area contributed by atoms with Gasteiger partial charge in [0.15, 0.2) is 0 Å². The zero-order valence-electron chi connectivity index (χ0n) is 5.72. The molecule has 2 atom stereocenters. The van der Waals surface area contributed by atoms with Gasteiger partial charge in [-0.25, -0.2) is 0 Å². The van der Waals surface area contributed by atoms with Crippen LogP contribution in [-0.2, 0) is 0 Å². The topological polar surface area (TPSA) is 52.0 Å². The fraction of sp³-hybridized carbons (Fsp3) is 1.00. The van der Waals surface area contributed by atoms with E-state index in [1.807, 2.05) is 0 Å². The fourth-order valence-electron chi connectivity index (χ4n) is 0.605. The third-order valence-corrected chi connectivity index (χ3v) is 1.49. The van der Waals surface area contributed by atoms with Gasteiger partial charge in [-0.1, -0.05) is 13.8 Å². The molecule has 8 heavy (non-hydrogen) atoms. The second-order valence-corrected chi connectivity index (χ2v) is 2.14. The molecule has 0 spiro atoms. The second kappa shape index (κ2) is 3.87. The highest BCUT2D eigenvalue weighted by atomic mass is 14.8. The van der Waals surface area contributed by atoms with Crippen LogP contribution in [0, 0.1) is 0 Å². The first kappa shape index (κ1) is 7.92. The van der Waals surface area contributed by atoms with Crippen molar-refractivity contribution >= 4 is 0 Å². The van der Waals surface area contributed by atoms with E-state index in [1.165, 1.54) is 0 Å². The van der Waals surface area contributed by atoms with E-state index < -0.39 is 0 Å². The van der Waals surface area contributed by atoms with Gasteiger partial charge in [0.2, 0.25) is 0 Å². The van der Waals surface area contributed by atoms with Crippen molar-refractivity contribution < 1.29 is 0 Å². The summed E-state index contributed by atoms with van der Waals surface area (Å²) < 4.78 is 0. The highest BCUT2D eigenvalue weighted by Crippen LogP contribution is 1.94. The minimum Gasteiger partial charge on any atom is -0.326 e. The largest absolute Gasteiger partial charge is 0.326 e. The van der Waals surface area contributed by atoms with E-state index in [-0.39, 0.29) is 12.1 Å². The van der Waals surface area contributed by atoms with Gasteiger partial charge in [0.1, 0.15) is 0 Å². The van der Waals surface area contributed by atoms with Gasteiger partial charge in [0.25, 0.3) is 0 Å². The molecule has 0 rings (SSSR count). The molecule has 0 amide bonds. The molecule has 2 nitrogen and oxygen atoms in total. The Labute approximate surface area is 51.2 Å². The van der Waals surface area contributed by atoms with Crippen LogP contribution in [0.5, 0.6) is 0 Å².